The average Bonchev–Trinajstić information content (AvgIpc) is 2.76. The highest BCUT2D eigenvalue weighted by Gasteiger charge is 2.22. The lowest BCUT2D eigenvalue weighted by molar-refractivity contribution is -0.144. The molecule has 1 amide bonds. The number of esters is 1. The van der Waals surface area contributed by atoms with Crippen LogP contribution in [0.3, 0.4) is 0 Å². The fourth-order valence-electron chi connectivity index (χ4n) is 2.00. The number of ether oxygens (including phenoxy) is 1. The number of furan rings is 1. The highest BCUT2D eigenvalue weighted by molar-refractivity contribution is 9.10. The first-order valence-corrected chi connectivity index (χ1v) is 7.39. The van der Waals surface area contributed by atoms with Crippen molar-refractivity contribution < 1.29 is 18.7 Å². The van der Waals surface area contributed by atoms with E-state index in [1.54, 1.807) is 19.9 Å². The van der Waals surface area contributed by atoms with Crippen LogP contribution in [-0.2, 0) is 9.53 Å². The maximum absolute atomic E-state index is 12.2. The molecule has 0 radical (unpaired) electrons. The molecule has 21 heavy (non-hydrogen) atoms. The van der Waals surface area contributed by atoms with Gasteiger partial charge in [-0.15, -0.1) is 0 Å². The number of nitrogens with one attached hydrogen (secondary N) is 1. The monoisotopic (exact) mass is 353 g/mol. The van der Waals surface area contributed by atoms with Crippen LogP contribution in [0.5, 0.6) is 0 Å². The Labute approximate surface area is 130 Å². The second-order valence-corrected chi connectivity index (χ2v) is 5.56. The molecule has 1 N–H and O–H groups in total. The van der Waals surface area contributed by atoms with E-state index in [4.69, 9.17) is 9.15 Å². The highest BCUT2D eigenvalue weighted by atomic mass is 79.9. The van der Waals surface area contributed by atoms with E-state index < -0.39 is 17.9 Å². The summed E-state index contributed by atoms with van der Waals surface area (Å²) in [6.45, 7) is 5.37. The van der Waals surface area contributed by atoms with Crippen LogP contribution in [0, 0.1) is 6.92 Å². The van der Waals surface area contributed by atoms with Gasteiger partial charge in [0, 0.05) is 15.4 Å². The molecular weight excluding hydrogens is 338 g/mol. The summed E-state index contributed by atoms with van der Waals surface area (Å²) in [6.07, 6.45) is 0. The van der Waals surface area contributed by atoms with Crippen LogP contribution in [0.25, 0.3) is 11.0 Å². The number of hydrogen-bond acceptors (Lipinski definition) is 4. The minimum Gasteiger partial charge on any atom is -0.464 e. The Morgan fingerprint density at radius 1 is 1.43 bits per heavy atom. The van der Waals surface area contributed by atoms with Gasteiger partial charge in [-0.05, 0) is 39.0 Å². The van der Waals surface area contributed by atoms with Crippen molar-refractivity contribution in [3.8, 4) is 0 Å². The van der Waals surface area contributed by atoms with Crippen molar-refractivity contribution >= 4 is 38.8 Å². The molecule has 0 aliphatic carbocycles. The van der Waals surface area contributed by atoms with Gasteiger partial charge in [0.25, 0.3) is 5.91 Å². The smallest absolute Gasteiger partial charge is 0.328 e. The van der Waals surface area contributed by atoms with Gasteiger partial charge in [0.2, 0.25) is 0 Å². The van der Waals surface area contributed by atoms with Gasteiger partial charge in [0.15, 0.2) is 5.76 Å². The molecule has 6 heteroatoms. The topological polar surface area (TPSA) is 68.5 Å². The summed E-state index contributed by atoms with van der Waals surface area (Å²) < 4.78 is 11.3. The fraction of sp³-hybridized carbons (Fsp3) is 0.333. The zero-order valence-corrected chi connectivity index (χ0v) is 13.6. The average molecular weight is 354 g/mol. The Hall–Kier alpha value is -1.82. The molecule has 2 aromatic rings. The van der Waals surface area contributed by atoms with Gasteiger partial charge in [0.1, 0.15) is 11.6 Å². The summed E-state index contributed by atoms with van der Waals surface area (Å²) in [5.41, 5.74) is 1.37. The van der Waals surface area contributed by atoms with E-state index in [-0.39, 0.29) is 12.4 Å². The molecule has 0 aliphatic rings. The molecule has 1 atom stereocenters. The maximum atomic E-state index is 12.2. The van der Waals surface area contributed by atoms with Gasteiger partial charge >= 0.3 is 5.97 Å². The van der Waals surface area contributed by atoms with E-state index in [0.29, 0.717) is 5.58 Å². The second kappa shape index (κ2) is 6.30. The molecule has 0 fully saturated rings. The second-order valence-electron chi connectivity index (χ2n) is 4.64. The Morgan fingerprint density at radius 3 is 2.81 bits per heavy atom. The molecule has 0 spiro atoms. The van der Waals surface area contributed by atoms with Crippen LogP contribution in [-0.4, -0.2) is 24.5 Å². The molecule has 1 aromatic carbocycles. The largest absolute Gasteiger partial charge is 0.464 e. The quantitative estimate of drug-likeness (QED) is 0.857. The number of fused-ring (bicyclic) bond motifs is 1. The van der Waals surface area contributed by atoms with E-state index >= 15 is 0 Å². The molecule has 112 valence electrons. The van der Waals surface area contributed by atoms with E-state index in [1.165, 1.54) is 0 Å². The molecule has 0 saturated carbocycles. The minimum absolute atomic E-state index is 0.208. The van der Waals surface area contributed by atoms with Crippen LogP contribution in [0.15, 0.2) is 27.1 Å². The molecule has 0 saturated heterocycles. The number of carbonyl (C=O) groups excluding carboxylic acids is 2. The molecule has 1 unspecified atom stereocenters. The van der Waals surface area contributed by atoms with Crippen molar-refractivity contribution in [1.82, 2.24) is 5.32 Å². The van der Waals surface area contributed by atoms with Crippen molar-refractivity contribution in [3.63, 3.8) is 0 Å². The Kier molecular flexibility index (Phi) is 4.67. The molecule has 1 aromatic heterocycles. The number of amides is 1. The summed E-state index contributed by atoms with van der Waals surface area (Å²) in [5, 5.41) is 3.44. The third-order valence-electron chi connectivity index (χ3n) is 3.09. The fourth-order valence-corrected chi connectivity index (χ4v) is 2.36. The summed E-state index contributed by atoms with van der Waals surface area (Å²) in [7, 11) is 0. The van der Waals surface area contributed by atoms with Gasteiger partial charge < -0.3 is 14.5 Å². The predicted octanol–water partition coefficient (Wildman–Crippen LogP) is 3.19. The highest BCUT2D eigenvalue weighted by Crippen LogP contribution is 2.28. The number of hydrogen-bond donors (Lipinski definition) is 1. The molecule has 0 aliphatic heterocycles. The van der Waals surface area contributed by atoms with Crippen molar-refractivity contribution in [3.05, 3.63) is 34.0 Å². The van der Waals surface area contributed by atoms with Crippen molar-refractivity contribution in [2.75, 3.05) is 6.61 Å². The van der Waals surface area contributed by atoms with E-state index in [1.807, 2.05) is 19.1 Å². The third-order valence-corrected chi connectivity index (χ3v) is 3.59. The minimum atomic E-state index is -0.725. The Bertz CT molecular complexity index is 692. The Morgan fingerprint density at radius 2 is 2.14 bits per heavy atom. The zero-order chi connectivity index (χ0) is 15.6. The van der Waals surface area contributed by atoms with Gasteiger partial charge in [-0.3, -0.25) is 4.79 Å². The normalized spacial score (nSPS) is 12.2. The summed E-state index contributed by atoms with van der Waals surface area (Å²) in [6, 6.07) is 4.79. The molecular formula is C15H16BrNO4. The number of carbonyl (C=O) groups is 2. The SMILES string of the molecule is CCOC(=O)C(C)NC(=O)c1oc2ccc(Br)cc2c1C. The van der Waals surface area contributed by atoms with E-state index in [9.17, 15) is 9.59 Å². The predicted molar refractivity (Wildman–Crippen MR) is 82.2 cm³/mol. The summed E-state index contributed by atoms with van der Waals surface area (Å²) >= 11 is 3.39. The molecule has 2 rings (SSSR count). The molecule has 1 heterocycles. The van der Waals surface area contributed by atoms with Gasteiger partial charge in [-0.2, -0.15) is 0 Å². The van der Waals surface area contributed by atoms with E-state index in [2.05, 4.69) is 21.2 Å². The van der Waals surface area contributed by atoms with Crippen LogP contribution in [0.2, 0.25) is 0 Å². The number of benzene rings is 1. The maximum Gasteiger partial charge on any atom is 0.328 e. The Balaban J connectivity index is 2.24. The van der Waals surface area contributed by atoms with Crippen molar-refractivity contribution in [1.29, 1.82) is 0 Å². The van der Waals surface area contributed by atoms with Crippen LogP contribution in [0.1, 0.15) is 30.0 Å². The van der Waals surface area contributed by atoms with E-state index in [0.717, 1.165) is 15.4 Å². The lowest BCUT2D eigenvalue weighted by Crippen LogP contribution is -2.39. The zero-order valence-electron chi connectivity index (χ0n) is 12.0. The first-order chi connectivity index (χ1) is 9.93. The van der Waals surface area contributed by atoms with Crippen LogP contribution < -0.4 is 5.32 Å². The molecule has 5 nitrogen and oxygen atoms in total. The first-order valence-electron chi connectivity index (χ1n) is 6.60. The van der Waals surface area contributed by atoms with Crippen molar-refractivity contribution in [2.24, 2.45) is 0 Å². The number of aryl methyl sites for hydroxylation is 1. The standard InChI is InChI=1S/C15H16BrNO4/c1-4-20-15(19)9(3)17-14(18)13-8(2)11-7-10(16)5-6-12(11)21-13/h5-7,9H,4H2,1-3H3,(H,17,18). The van der Waals surface area contributed by atoms with Crippen LogP contribution in [0.4, 0.5) is 0 Å². The lowest BCUT2D eigenvalue weighted by atomic mass is 10.1. The van der Waals surface area contributed by atoms with Gasteiger partial charge in [-0.1, -0.05) is 15.9 Å². The number of halogens is 1. The summed E-state index contributed by atoms with van der Waals surface area (Å²) in [5.74, 6) is -0.693. The lowest BCUT2D eigenvalue weighted by Gasteiger charge is -2.11. The van der Waals surface area contributed by atoms with Gasteiger partial charge in [0.05, 0.1) is 6.61 Å². The summed E-state index contributed by atoms with van der Waals surface area (Å²) in [4.78, 5) is 23.8. The van der Waals surface area contributed by atoms with Crippen molar-refractivity contribution in [2.45, 2.75) is 26.8 Å². The van der Waals surface area contributed by atoms with Gasteiger partial charge in [-0.25, -0.2) is 4.79 Å². The third kappa shape index (κ3) is 3.26. The number of rotatable bonds is 4. The van der Waals surface area contributed by atoms with Crippen LogP contribution >= 0.6 is 15.9 Å². The first kappa shape index (κ1) is 15.6. The molecule has 0 bridgehead atoms.